The number of ether oxygens (including phenoxy) is 1. The van der Waals surface area contributed by atoms with Crippen molar-refractivity contribution < 1.29 is 18.7 Å². The average Bonchev–Trinajstić information content (AvgIpc) is 3.21. The summed E-state index contributed by atoms with van der Waals surface area (Å²) in [5, 5.41) is 5.96. The largest absolute Gasteiger partial charge is 0.468 e. The van der Waals surface area contributed by atoms with E-state index >= 15 is 0 Å². The molecule has 2 N–H and O–H groups in total. The monoisotopic (exact) mass is 397 g/mol. The number of benzene rings is 1. The highest BCUT2D eigenvalue weighted by molar-refractivity contribution is 5.93. The lowest BCUT2D eigenvalue weighted by atomic mass is 9.81. The Kier molecular flexibility index (Phi) is 5.85. The molecule has 0 saturated carbocycles. The standard InChI is InChI=1S/C22H27N3O4/c1-28-21(26)15-5-2-6-16(11-15)23-22(27)24-17-12-18-7-3-8-19(13-17)25(18)14-20-9-4-10-29-20/h2,4-6,9-11,17-19H,3,7-8,12-14H2,1H3,(H2,23,24,27)/t18-,19-/m0/s1. The molecule has 2 aliphatic heterocycles. The van der Waals surface area contributed by atoms with Gasteiger partial charge in [0.05, 0.1) is 25.5 Å². The van der Waals surface area contributed by atoms with Gasteiger partial charge in [-0.1, -0.05) is 12.5 Å². The van der Waals surface area contributed by atoms with E-state index in [1.807, 2.05) is 12.1 Å². The Morgan fingerprint density at radius 2 is 1.97 bits per heavy atom. The van der Waals surface area contributed by atoms with Crippen molar-refractivity contribution in [2.24, 2.45) is 0 Å². The van der Waals surface area contributed by atoms with Crippen LogP contribution in [0.15, 0.2) is 47.1 Å². The van der Waals surface area contributed by atoms with Crippen molar-refractivity contribution >= 4 is 17.7 Å². The van der Waals surface area contributed by atoms with E-state index in [4.69, 9.17) is 9.15 Å². The van der Waals surface area contributed by atoms with Crippen LogP contribution in [0, 0.1) is 0 Å². The fraction of sp³-hybridized carbons (Fsp3) is 0.455. The number of esters is 1. The number of anilines is 1. The molecule has 154 valence electrons. The predicted molar refractivity (Wildman–Crippen MR) is 109 cm³/mol. The summed E-state index contributed by atoms with van der Waals surface area (Å²) in [5.41, 5.74) is 0.979. The molecule has 0 aliphatic carbocycles. The first-order chi connectivity index (χ1) is 14.1. The minimum atomic E-state index is -0.425. The zero-order valence-electron chi connectivity index (χ0n) is 16.6. The number of amides is 2. The summed E-state index contributed by atoms with van der Waals surface area (Å²) < 4.78 is 10.3. The molecule has 1 aromatic heterocycles. The van der Waals surface area contributed by atoms with Gasteiger partial charge in [-0.05, 0) is 56.0 Å². The van der Waals surface area contributed by atoms with Gasteiger partial charge in [-0.3, -0.25) is 4.90 Å². The molecule has 0 radical (unpaired) electrons. The van der Waals surface area contributed by atoms with Gasteiger partial charge in [-0.25, -0.2) is 9.59 Å². The Morgan fingerprint density at radius 3 is 2.66 bits per heavy atom. The lowest BCUT2D eigenvalue weighted by Gasteiger charge is -2.48. The highest BCUT2D eigenvalue weighted by Crippen LogP contribution is 2.35. The second-order valence-electron chi connectivity index (χ2n) is 7.83. The Morgan fingerprint density at radius 1 is 1.17 bits per heavy atom. The SMILES string of the molecule is COC(=O)c1cccc(NC(=O)NC2C[C@@H]3CCC[C@@H](C2)N3Cc2ccco2)c1. The summed E-state index contributed by atoms with van der Waals surface area (Å²) >= 11 is 0. The van der Waals surface area contributed by atoms with Crippen molar-refractivity contribution in [2.75, 3.05) is 12.4 Å². The predicted octanol–water partition coefficient (Wildman–Crippen LogP) is 3.77. The van der Waals surface area contributed by atoms with Crippen molar-refractivity contribution in [3.63, 3.8) is 0 Å². The molecule has 0 unspecified atom stereocenters. The molecule has 2 aromatic rings. The molecular weight excluding hydrogens is 370 g/mol. The summed E-state index contributed by atoms with van der Waals surface area (Å²) in [7, 11) is 1.34. The smallest absolute Gasteiger partial charge is 0.337 e. The van der Waals surface area contributed by atoms with Gasteiger partial charge in [0.2, 0.25) is 0 Å². The van der Waals surface area contributed by atoms with E-state index in [1.165, 1.54) is 13.5 Å². The highest BCUT2D eigenvalue weighted by Gasteiger charge is 2.38. The van der Waals surface area contributed by atoms with Gasteiger partial charge in [-0.15, -0.1) is 0 Å². The van der Waals surface area contributed by atoms with E-state index in [0.29, 0.717) is 23.3 Å². The molecule has 29 heavy (non-hydrogen) atoms. The number of carbonyl (C=O) groups excluding carboxylic acids is 2. The molecule has 3 heterocycles. The summed E-state index contributed by atoms with van der Waals surface area (Å²) in [6.45, 7) is 0.835. The molecule has 7 heteroatoms. The maximum atomic E-state index is 12.5. The summed E-state index contributed by atoms with van der Waals surface area (Å²) in [6.07, 6.45) is 7.14. The molecule has 2 fully saturated rings. The average molecular weight is 397 g/mol. The molecule has 2 aliphatic rings. The molecule has 1 aromatic carbocycles. The van der Waals surface area contributed by atoms with Crippen LogP contribution in [-0.4, -0.2) is 42.1 Å². The van der Waals surface area contributed by atoms with E-state index in [1.54, 1.807) is 30.5 Å². The number of piperidine rings is 2. The van der Waals surface area contributed by atoms with Crippen LogP contribution in [-0.2, 0) is 11.3 Å². The molecule has 4 rings (SSSR count). The van der Waals surface area contributed by atoms with Crippen LogP contribution < -0.4 is 10.6 Å². The number of methoxy groups -OCH3 is 1. The lowest BCUT2D eigenvalue weighted by Crippen LogP contribution is -2.56. The maximum Gasteiger partial charge on any atom is 0.337 e. The Balaban J connectivity index is 1.34. The minimum Gasteiger partial charge on any atom is -0.468 e. The molecule has 2 amide bonds. The van der Waals surface area contributed by atoms with Crippen LogP contribution >= 0.6 is 0 Å². The fourth-order valence-corrected chi connectivity index (χ4v) is 4.63. The van der Waals surface area contributed by atoms with E-state index in [9.17, 15) is 9.59 Å². The summed E-state index contributed by atoms with van der Waals surface area (Å²) in [5.74, 6) is 0.572. The van der Waals surface area contributed by atoms with Gasteiger partial charge in [0, 0.05) is 23.8 Å². The van der Waals surface area contributed by atoms with Gasteiger partial charge in [0.15, 0.2) is 0 Å². The third kappa shape index (κ3) is 4.62. The van der Waals surface area contributed by atoms with Crippen LogP contribution in [0.3, 0.4) is 0 Å². The second kappa shape index (κ2) is 8.69. The maximum absolute atomic E-state index is 12.5. The van der Waals surface area contributed by atoms with Crippen LogP contribution in [0.4, 0.5) is 10.5 Å². The molecular formula is C22H27N3O4. The van der Waals surface area contributed by atoms with Gasteiger partial charge in [0.25, 0.3) is 0 Å². The third-order valence-corrected chi connectivity index (χ3v) is 5.92. The third-order valence-electron chi connectivity index (χ3n) is 5.92. The van der Waals surface area contributed by atoms with Crippen LogP contribution in [0.25, 0.3) is 0 Å². The number of nitrogens with one attached hydrogen (secondary N) is 2. The fourth-order valence-electron chi connectivity index (χ4n) is 4.63. The number of urea groups is 1. The number of carbonyl (C=O) groups is 2. The van der Waals surface area contributed by atoms with Crippen molar-refractivity contribution in [3.05, 3.63) is 54.0 Å². The molecule has 2 bridgehead atoms. The number of furan rings is 1. The number of hydrogen-bond donors (Lipinski definition) is 2. The Hall–Kier alpha value is -2.80. The molecule has 2 atom stereocenters. The van der Waals surface area contributed by atoms with Gasteiger partial charge in [0.1, 0.15) is 5.76 Å². The van der Waals surface area contributed by atoms with Gasteiger partial charge in [-0.2, -0.15) is 0 Å². The van der Waals surface area contributed by atoms with Crippen LogP contribution in [0.2, 0.25) is 0 Å². The van der Waals surface area contributed by atoms with Crippen molar-refractivity contribution in [1.82, 2.24) is 10.2 Å². The number of rotatable bonds is 5. The van der Waals surface area contributed by atoms with E-state index in [-0.39, 0.29) is 12.1 Å². The van der Waals surface area contributed by atoms with E-state index in [0.717, 1.165) is 38.0 Å². The van der Waals surface area contributed by atoms with Crippen LogP contribution in [0.1, 0.15) is 48.2 Å². The topological polar surface area (TPSA) is 83.8 Å². The Bertz CT molecular complexity index is 838. The second-order valence-corrected chi connectivity index (χ2v) is 7.83. The van der Waals surface area contributed by atoms with Crippen molar-refractivity contribution in [2.45, 2.75) is 56.8 Å². The zero-order valence-corrected chi connectivity index (χ0v) is 16.6. The summed E-state index contributed by atoms with van der Waals surface area (Å²) in [4.78, 5) is 26.7. The Labute approximate surface area is 170 Å². The van der Waals surface area contributed by atoms with Gasteiger partial charge < -0.3 is 19.8 Å². The molecule has 2 saturated heterocycles. The van der Waals surface area contributed by atoms with Crippen molar-refractivity contribution in [3.8, 4) is 0 Å². The van der Waals surface area contributed by atoms with E-state index in [2.05, 4.69) is 15.5 Å². The first kappa shape index (κ1) is 19.5. The number of hydrogen-bond acceptors (Lipinski definition) is 5. The normalized spacial score (nSPS) is 24.0. The molecule has 7 nitrogen and oxygen atoms in total. The van der Waals surface area contributed by atoms with Crippen molar-refractivity contribution in [1.29, 1.82) is 0 Å². The highest BCUT2D eigenvalue weighted by atomic mass is 16.5. The lowest BCUT2D eigenvalue weighted by molar-refractivity contribution is 0.0150. The van der Waals surface area contributed by atoms with Gasteiger partial charge >= 0.3 is 12.0 Å². The summed E-state index contributed by atoms with van der Waals surface area (Å²) in [6, 6.07) is 11.5. The first-order valence-electron chi connectivity index (χ1n) is 10.2. The molecule has 0 spiro atoms. The van der Waals surface area contributed by atoms with E-state index < -0.39 is 5.97 Å². The first-order valence-corrected chi connectivity index (χ1v) is 10.2. The zero-order chi connectivity index (χ0) is 20.2. The van der Waals surface area contributed by atoms with Crippen LogP contribution in [0.5, 0.6) is 0 Å². The minimum absolute atomic E-state index is 0.141. The number of nitrogens with zero attached hydrogens (tertiary/aromatic N) is 1. The quantitative estimate of drug-likeness (QED) is 0.751. The number of fused-ring (bicyclic) bond motifs is 2.